The zero-order valence-electron chi connectivity index (χ0n) is 13.0. The number of hydrogen-bond donors (Lipinski definition) is 3. The van der Waals surface area contributed by atoms with Gasteiger partial charge in [-0.1, -0.05) is 20.8 Å². The first-order valence-electron chi connectivity index (χ1n) is 6.71. The molecule has 20 heavy (non-hydrogen) atoms. The van der Waals surface area contributed by atoms with Crippen LogP contribution in [-0.4, -0.2) is 36.0 Å². The molecule has 0 aliphatic heterocycles. The second-order valence-electron chi connectivity index (χ2n) is 6.80. The molecule has 0 spiro atoms. The van der Waals surface area contributed by atoms with E-state index in [0.29, 0.717) is 12.8 Å². The lowest BCUT2D eigenvalue weighted by Gasteiger charge is -2.19. The van der Waals surface area contributed by atoms with Crippen LogP contribution in [0.15, 0.2) is 0 Å². The van der Waals surface area contributed by atoms with Crippen molar-refractivity contribution < 1.29 is 19.5 Å². The third-order valence-corrected chi connectivity index (χ3v) is 2.79. The summed E-state index contributed by atoms with van der Waals surface area (Å²) in [5, 5.41) is 14.1. The van der Waals surface area contributed by atoms with Gasteiger partial charge in [-0.25, -0.2) is 0 Å². The van der Waals surface area contributed by atoms with Crippen LogP contribution in [0.25, 0.3) is 0 Å². The summed E-state index contributed by atoms with van der Waals surface area (Å²) >= 11 is 0. The van der Waals surface area contributed by atoms with E-state index < -0.39 is 11.4 Å². The summed E-state index contributed by atoms with van der Waals surface area (Å²) in [4.78, 5) is 33.9. The molecule has 2 amide bonds. The second-order valence-corrected chi connectivity index (χ2v) is 6.80. The summed E-state index contributed by atoms with van der Waals surface area (Å²) in [6.45, 7) is 9.23. The van der Waals surface area contributed by atoms with Crippen molar-refractivity contribution in [1.82, 2.24) is 10.6 Å². The summed E-state index contributed by atoms with van der Waals surface area (Å²) in [6, 6.07) is 0. The van der Waals surface area contributed by atoms with Gasteiger partial charge in [0, 0.05) is 13.0 Å². The Hall–Kier alpha value is -1.59. The van der Waals surface area contributed by atoms with Crippen molar-refractivity contribution in [3.8, 4) is 0 Å². The summed E-state index contributed by atoms with van der Waals surface area (Å²) in [6.07, 6.45) is 0.691. The van der Waals surface area contributed by atoms with Crippen molar-refractivity contribution in [2.45, 2.75) is 47.5 Å². The average Bonchev–Trinajstić information content (AvgIpc) is 2.23. The van der Waals surface area contributed by atoms with Gasteiger partial charge in [0.1, 0.15) is 0 Å². The maximum absolute atomic E-state index is 11.5. The van der Waals surface area contributed by atoms with E-state index in [2.05, 4.69) is 10.6 Å². The molecular formula is C14H26N2O4. The smallest absolute Gasteiger partial charge is 0.309 e. The Kier molecular flexibility index (Phi) is 6.68. The number of hydrogen-bond acceptors (Lipinski definition) is 3. The highest BCUT2D eigenvalue weighted by atomic mass is 16.4. The molecule has 0 aliphatic rings. The van der Waals surface area contributed by atoms with E-state index in [1.807, 2.05) is 20.8 Å². The summed E-state index contributed by atoms with van der Waals surface area (Å²) in [7, 11) is 0. The van der Waals surface area contributed by atoms with Crippen molar-refractivity contribution in [3.63, 3.8) is 0 Å². The quantitative estimate of drug-likeness (QED) is 0.654. The van der Waals surface area contributed by atoms with Crippen LogP contribution in [0, 0.1) is 10.8 Å². The van der Waals surface area contributed by atoms with Gasteiger partial charge in [0.2, 0.25) is 11.8 Å². The Labute approximate surface area is 120 Å². The van der Waals surface area contributed by atoms with Crippen LogP contribution in [0.2, 0.25) is 0 Å². The fraction of sp³-hybridized carbons (Fsp3) is 0.786. The SMILES string of the molecule is CC(C)(C)CC(=O)NCC(=O)NCCC(C)(C)C(=O)O. The molecule has 0 saturated heterocycles. The van der Waals surface area contributed by atoms with Crippen molar-refractivity contribution >= 4 is 17.8 Å². The van der Waals surface area contributed by atoms with Gasteiger partial charge in [-0.05, 0) is 25.7 Å². The fourth-order valence-corrected chi connectivity index (χ4v) is 1.41. The van der Waals surface area contributed by atoms with Gasteiger partial charge in [0.05, 0.1) is 12.0 Å². The third-order valence-electron chi connectivity index (χ3n) is 2.79. The van der Waals surface area contributed by atoms with Crippen LogP contribution < -0.4 is 10.6 Å². The van der Waals surface area contributed by atoms with Gasteiger partial charge in [0.15, 0.2) is 0 Å². The first-order valence-corrected chi connectivity index (χ1v) is 6.71. The van der Waals surface area contributed by atoms with Gasteiger partial charge in [-0.15, -0.1) is 0 Å². The Bertz CT molecular complexity index is 370. The number of rotatable bonds is 7. The van der Waals surface area contributed by atoms with Gasteiger partial charge < -0.3 is 15.7 Å². The molecule has 6 nitrogen and oxygen atoms in total. The predicted octanol–water partition coefficient (Wildman–Crippen LogP) is 1.16. The number of aliphatic carboxylic acids is 1. The molecule has 0 aromatic rings. The van der Waals surface area contributed by atoms with E-state index in [1.165, 1.54) is 0 Å². The molecule has 6 heteroatoms. The van der Waals surface area contributed by atoms with Gasteiger partial charge >= 0.3 is 5.97 Å². The number of carbonyl (C=O) groups excluding carboxylic acids is 2. The minimum atomic E-state index is -0.898. The molecule has 116 valence electrons. The average molecular weight is 286 g/mol. The Morgan fingerprint density at radius 3 is 1.95 bits per heavy atom. The number of carboxylic acid groups (broad SMARTS) is 1. The molecule has 0 saturated carbocycles. The van der Waals surface area contributed by atoms with Crippen LogP contribution in [-0.2, 0) is 14.4 Å². The molecule has 0 fully saturated rings. The first kappa shape index (κ1) is 18.4. The maximum Gasteiger partial charge on any atom is 0.309 e. The Morgan fingerprint density at radius 1 is 0.950 bits per heavy atom. The number of carbonyl (C=O) groups is 3. The molecular weight excluding hydrogens is 260 g/mol. The first-order chi connectivity index (χ1) is 8.94. The molecule has 0 bridgehead atoms. The van der Waals surface area contributed by atoms with E-state index in [-0.39, 0.29) is 30.3 Å². The Balaban J connectivity index is 3.91. The van der Waals surface area contributed by atoms with Crippen LogP contribution in [0.5, 0.6) is 0 Å². The normalized spacial score (nSPS) is 11.8. The van der Waals surface area contributed by atoms with Crippen LogP contribution in [0.4, 0.5) is 0 Å². The standard InChI is InChI=1S/C14H26N2O4/c1-13(2,3)8-10(17)16-9-11(18)15-7-6-14(4,5)12(19)20/h6-9H2,1-5H3,(H,15,18)(H,16,17)(H,19,20). The van der Waals surface area contributed by atoms with Crippen LogP contribution >= 0.6 is 0 Å². The summed E-state index contributed by atoms with van der Waals surface area (Å²) < 4.78 is 0. The maximum atomic E-state index is 11.5. The summed E-state index contributed by atoms with van der Waals surface area (Å²) in [5.74, 6) is -1.38. The number of carboxylic acids is 1. The Morgan fingerprint density at radius 2 is 1.50 bits per heavy atom. The fourth-order valence-electron chi connectivity index (χ4n) is 1.41. The van der Waals surface area contributed by atoms with Crippen molar-refractivity contribution in [2.75, 3.05) is 13.1 Å². The highest BCUT2D eigenvalue weighted by Crippen LogP contribution is 2.19. The molecule has 3 N–H and O–H groups in total. The lowest BCUT2D eigenvalue weighted by Crippen LogP contribution is -2.39. The van der Waals surface area contributed by atoms with Gasteiger partial charge in [-0.2, -0.15) is 0 Å². The van der Waals surface area contributed by atoms with E-state index in [9.17, 15) is 14.4 Å². The molecule has 0 rings (SSSR count). The predicted molar refractivity (Wildman–Crippen MR) is 76.1 cm³/mol. The van der Waals surface area contributed by atoms with E-state index in [4.69, 9.17) is 5.11 Å². The second kappa shape index (κ2) is 7.26. The van der Waals surface area contributed by atoms with Crippen LogP contribution in [0.1, 0.15) is 47.5 Å². The largest absolute Gasteiger partial charge is 0.481 e. The lowest BCUT2D eigenvalue weighted by atomic mass is 9.90. The van der Waals surface area contributed by atoms with Crippen molar-refractivity contribution in [1.29, 1.82) is 0 Å². The molecule has 0 heterocycles. The van der Waals surface area contributed by atoms with Crippen molar-refractivity contribution in [2.24, 2.45) is 10.8 Å². The van der Waals surface area contributed by atoms with E-state index in [1.54, 1.807) is 13.8 Å². The monoisotopic (exact) mass is 286 g/mol. The minimum absolute atomic E-state index is 0.0809. The zero-order chi connectivity index (χ0) is 16.0. The minimum Gasteiger partial charge on any atom is -0.481 e. The van der Waals surface area contributed by atoms with Crippen LogP contribution in [0.3, 0.4) is 0 Å². The van der Waals surface area contributed by atoms with Gasteiger partial charge in [-0.3, -0.25) is 14.4 Å². The molecule has 0 atom stereocenters. The van der Waals surface area contributed by atoms with Crippen molar-refractivity contribution in [3.05, 3.63) is 0 Å². The van der Waals surface area contributed by atoms with E-state index in [0.717, 1.165) is 0 Å². The number of nitrogens with one attached hydrogen (secondary N) is 2. The molecule has 0 aliphatic carbocycles. The molecule has 0 aromatic carbocycles. The highest BCUT2D eigenvalue weighted by Gasteiger charge is 2.26. The molecule has 0 radical (unpaired) electrons. The topological polar surface area (TPSA) is 95.5 Å². The number of amides is 2. The van der Waals surface area contributed by atoms with Gasteiger partial charge in [0.25, 0.3) is 0 Å². The molecule has 0 aromatic heterocycles. The van der Waals surface area contributed by atoms with E-state index >= 15 is 0 Å². The highest BCUT2D eigenvalue weighted by molar-refractivity contribution is 5.84. The zero-order valence-corrected chi connectivity index (χ0v) is 13.0. The summed E-state index contributed by atoms with van der Waals surface area (Å²) in [5.41, 5.74) is -0.991. The third kappa shape index (κ3) is 8.50. The lowest BCUT2D eigenvalue weighted by molar-refractivity contribution is -0.147. The molecule has 0 unspecified atom stereocenters.